The van der Waals surface area contributed by atoms with Crippen molar-refractivity contribution in [1.82, 2.24) is 5.16 Å². The first kappa shape index (κ1) is 20.2. The minimum Gasteiger partial charge on any atom is -0.336 e. The Kier molecular flexibility index (Phi) is 5.37. The number of hydrogen-bond acceptors (Lipinski definition) is 4. The Morgan fingerprint density at radius 2 is 1.53 bits per heavy atom. The van der Waals surface area contributed by atoms with E-state index in [1.165, 1.54) is 0 Å². The molecule has 0 bridgehead atoms. The molecule has 0 aliphatic heterocycles. The summed E-state index contributed by atoms with van der Waals surface area (Å²) in [6.07, 6.45) is 0. The molecule has 0 saturated heterocycles. The van der Waals surface area contributed by atoms with Gasteiger partial charge in [-0.15, -0.1) is 0 Å². The van der Waals surface area contributed by atoms with Crippen LogP contribution in [0.1, 0.15) is 11.3 Å². The van der Waals surface area contributed by atoms with Crippen molar-refractivity contribution in [1.29, 1.82) is 0 Å². The standard InChI is InChI=1S/C23H19ClN2O3S/c1-15-8-13-20(21(14-15)17-6-4-3-5-7-17)18-9-11-19(12-10-18)30(27,28)26-23-22(24)16(2)25-29-23/h3-14,26H,1-2H3. The van der Waals surface area contributed by atoms with E-state index in [0.29, 0.717) is 5.69 Å². The number of anilines is 1. The Morgan fingerprint density at radius 3 is 2.17 bits per heavy atom. The van der Waals surface area contributed by atoms with Gasteiger partial charge in [-0.05, 0) is 48.2 Å². The van der Waals surface area contributed by atoms with Crippen molar-refractivity contribution in [2.45, 2.75) is 18.7 Å². The van der Waals surface area contributed by atoms with E-state index < -0.39 is 10.0 Å². The molecule has 3 aromatic carbocycles. The van der Waals surface area contributed by atoms with Crippen molar-refractivity contribution in [2.24, 2.45) is 0 Å². The second-order valence-electron chi connectivity index (χ2n) is 6.96. The van der Waals surface area contributed by atoms with Gasteiger partial charge in [0, 0.05) is 0 Å². The molecule has 1 aromatic heterocycles. The lowest BCUT2D eigenvalue weighted by Gasteiger charge is -2.12. The van der Waals surface area contributed by atoms with Crippen LogP contribution in [0, 0.1) is 13.8 Å². The summed E-state index contributed by atoms with van der Waals surface area (Å²) in [5, 5.41) is 3.80. The maximum Gasteiger partial charge on any atom is 0.264 e. The highest BCUT2D eigenvalue weighted by molar-refractivity contribution is 7.92. The van der Waals surface area contributed by atoms with E-state index in [0.717, 1.165) is 27.8 Å². The van der Waals surface area contributed by atoms with E-state index in [4.69, 9.17) is 16.1 Å². The number of aryl methyl sites for hydroxylation is 2. The first-order chi connectivity index (χ1) is 14.3. The highest BCUT2D eigenvalue weighted by Crippen LogP contribution is 2.34. The number of benzene rings is 3. The number of halogens is 1. The van der Waals surface area contributed by atoms with Gasteiger partial charge in [0.05, 0.1) is 4.90 Å². The summed E-state index contributed by atoms with van der Waals surface area (Å²) >= 11 is 6.01. The van der Waals surface area contributed by atoms with Crippen LogP contribution in [0.5, 0.6) is 0 Å². The summed E-state index contributed by atoms with van der Waals surface area (Å²) < 4.78 is 32.7. The molecule has 5 nitrogen and oxygen atoms in total. The number of nitrogens with zero attached hydrogens (tertiary/aromatic N) is 1. The molecule has 0 aliphatic carbocycles. The van der Waals surface area contributed by atoms with Gasteiger partial charge in [0.15, 0.2) is 0 Å². The third kappa shape index (κ3) is 3.97. The minimum absolute atomic E-state index is 0.0943. The second kappa shape index (κ2) is 7.97. The average molecular weight is 439 g/mol. The first-order valence-electron chi connectivity index (χ1n) is 9.26. The fraction of sp³-hybridized carbons (Fsp3) is 0.0870. The van der Waals surface area contributed by atoms with Gasteiger partial charge in [0.1, 0.15) is 10.7 Å². The molecule has 4 rings (SSSR count). The molecule has 0 atom stereocenters. The minimum atomic E-state index is -3.86. The van der Waals surface area contributed by atoms with Crippen LogP contribution in [0.3, 0.4) is 0 Å². The van der Waals surface area contributed by atoms with E-state index >= 15 is 0 Å². The molecule has 152 valence electrons. The Bertz CT molecular complexity index is 1300. The van der Waals surface area contributed by atoms with Gasteiger partial charge in [-0.2, -0.15) is 0 Å². The largest absolute Gasteiger partial charge is 0.336 e. The quantitative estimate of drug-likeness (QED) is 0.409. The molecule has 7 heteroatoms. The molecular formula is C23H19ClN2O3S. The summed E-state index contributed by atoms with van der Waals surface area (Å²) in [6.45, 7) is 3.68. The Labute approximate surface area is 180 Å². The van der Waals surface area contributed by atoms with E-state index in [9.17, 15) is 8.42 Å². The lowest BCUT2D eigenvalue weighted by atomic mass is 9.93. The predicted molar refractivity (Wildman–Crippen MR) is 119 cm³/mol. The number of sulfonamides is 1. The SMILES string of the molecule is Cc1ccc(-c2ccc(S(=O)(=O)Nc3onc(C)c3Cl)cc2)c(-c2ccccc2)c1. The summed E-state index contributed by atoms with van der Waals surface area (Å²) in [5.41, 5.74) is 5.70. The molecule has 0 saturated carbocycles. The van der Waals surface area contributed by atoms with Crippen molar-refractivity contribution in [3.8, 4) is 22.3 Å². The third-order valence-corrected chi connectivity index (χ3v) is 6.55. The molecule has 0 spiro atoms. The summed E-state index contributed by atoms with van der Waals surface area (Å²) in [6, 6.07) is 23.0. The molecule has 0 radical (unpaired) electrons. The van der Waals surface area contributed by atoms with Crippen LogP contribution in [-0.2, 0) is 10.0 Å². The van der Waals surface area contributed by atoms with E-state index in [1.807, 2.05) is 31.2 Å². The average Bonchev–Trinajstić information content (AvgIpc) is 3.06. The van der Waals surface area contributed by atoms with Crippen LogP contribution in [0.15, 0.2) is 82.2 Å². The highest BCUT2D eigenvalue weighted by Gasteiger charge is 2.20. The molecular weight excluding hydrogens is 420 g/mol. The normalized spacial score (nSPS) is 11.4. The first-order valence-corrected chi connectivity index (χ1v) is 11.1. The zero-order valence-electron chi connectivity index (χ0n) is 16.4. The fourth-order valence-corrected chi connectivity index (χ4v) is 4.35. The molecule has 1 heterocycles. The second-order valence-corrected chi connectivity index (χ2v) is 9.02. The summed E-state index contributed by atoms with van der Waals surface area (Å²) in [4.78, 5) is 0.102. The number of hydrogen-bond donors (Lipinski definition) is 1. The van der Waals surface area contributed by atoms with Gasteiger partial charge in [-0.25, -0.2) is 13.1 Å². The zero-order valence-corrected chi connectivity index (χ0v) is 18.0. The summed E-state index contributed by atoms with van der Waals surface area (Å²) in [7, 11) is -3.86. The number of aromatic nitrogens is 1. The van der Waals surface area contributed by atoms with Gasteiger partial charge >= 0.3 is 0 Å². The molecule has 0 unspecified atom stereocenters. The Morgan fingerprint density at radius 1 is 0.867 bits per heavy atom. The molecule has 0 fully saturated rings. The third-order valence-electron chi connectivity index (χ3n) is 4.75. The van der Waals surface area contributed by atoms with Gasteiger partial charge in [0.2, 0.25) is 0 Å². The molecule has 4 aromatic rings. The van der Waals surface area contributed by atoms with E-state index in [-0.39, 0.29) is 15.8 Å². The number of rotatable bonds is 5. The van der Waals surface area contributed by atoms with Crippen LogP contribution >= 0.6 is 11.6 Å². The Hall–Kier alpha value is -3.09. The van der Waals surface area contributed by atoms with Crippen molar-refractivity contribution in [3.63, 3.8) is 0 Å². The van der Waals surface area contributed by atoms with Crippen molar-refractivity contribution < 1.29 is 12.9 Å². The lowest BCUT2D eigenvalue weighted by Crippen LogP contribution is -2.12. The van der Waals surface area contributed by atoms with Gasteiger partial charge < -0.3 is 4.52 Å². The van der Waals surface area contributed by atoms with E-state index in [2.05, 4.69) is 34.1 Å². The molecule has 0 amide bonds. The predicted octanol–water partition coefficient (Wildman–Crippen LogP) is 6.08. The molecule has 1 N–H and O–H groups in total. The van der Waals surface area contributed by atoms with E-state index in [1.54, 1.807) is 31.2 Å². The van der Waals surface area contributed by atoms with Crippen LogP contribution in [-0.4, -0.2) is 13.6 Å². The van der Waals surface area contributed by atoms with Crippen molar-refractivity contribution >= 4 is 27.5 Å². The number of nitrogens with one attached hydrogen (secondary N) is 1. The maximum atomic E-state index is 12.7. The van der Waals surface area contributed by atoms with Crippen LogP contribution < -0.4 is 4.72 Å². The molecule has 30 heavy (non-hydrogen) atoms. The lowest BCUT2D eigenvalue weighted by molar-refractivity contribution is 0.430. The monoisotopic (exact) mass is 438 g/mol. The van der Waals surface area contributed by atoms with Gasteiger partial charge in [-0.1, -0.05) is 83.0 Å². The van der Waals surface area contributed by atoms with Crippen LogP contribution in [0.25, 0.3) is 22.3 Å². The van der Waals surface area contributed by atoms with Crippen molar-refractivity contribution in [3.05, 3.63) is 89.1 Å². The van der Waals surface area contributed by atoms with Gasteiger partial charge in [0.25, 0.3) is 15.9 Å². The highest BCUT2D eigenvalue weighted by atomic mass is 35.5. The summed E-state index contributed by atoms with van der Waals surface area (Å²) in [5.74, 6) is -0.0943. The fourth-order valence-electron chi connectivity index (χ4n) is 3.18. The topological polar surface area (TPSA) is 72.2 Å². The van der Waals surface area contributed by atoms with Crippen molar-refractivity contribution in [2.75, 3.05) is 4.72 Å². The molecule has 0 aliphatic rings. The smallest absolute Gasteiger partial charge is 0.264 e. The van der Waals surface area contributed by atoms with Gasteiger partial charge in [-0.3, -0.25) is 0 Å². The zero-order chi connectivity index (χ0) is 21.3. The Balaban J connectivity index is 1.69. The van der Waals surface area contributed by atoms with Crippen LogP contribution in [0.4, 0.5) is 5.88 Å². The van der Waals surface area contributed by atoms with Crippen LogP contribution in [0.2, 0.25) is 5.02 Å². The maximum absolute atomic E-state index is 12.7.